The second-order valence-corrected chi connectivity index (χ2v) is 3.81. The van der Waals surface area contributed by atoms with E-state index in [4.69, 9.17) is 4.84 Å². The van der Waals surface area contributed by atoms with E-state index in [-0.39, 0.29) is 6.10 Å². The summed E-state index contributed by atoms with van der Waals surface area (Å²) in [5.74, 6) is 0. The van der Waals surface area contributed by atoms with Crippen LogP contribution in [-0.4, -0.2) is 16.4 Å². The van der Waals surface area contributed by atoms with Gasteiger partial charge in [0.15, 0.2) is 0 Å². The Morgan fingerprint density at radius 2 is 2.22 bits per heavy atom. The summed E-state index contributed by atoms with van der Waals surface area (Å²) in [5.41, 5.74) is 0. The monoisotopic (exact) mass is 145 g/mol. The lowest BCUT2D eigenvalue weighted by molar-refractivity contribution is 0.0716. The SMILES string of the molecule is CC1=NOC(C)C(C)S1. The lowest BCUT2D eigenvalue weighted by Crippen LogP contribution is -2.23. The summed E-state index contributed by atoms with van der Waals surface area (Å²) in [6.07, 6.45) is 0.263. The first-order chi connectivity index (χ1) is 4.20. The number of rotatable bonds is 0. The van der Waals surface area contributed by atoms with Gasteiger partial charge in [0.1, 0.15) is 11.1 Å². The number of thioether (sulfide) groups is 1. The van der Waals surface area contributed by atoms with Gasteiger partial charge in [-0.05, 0) is 20.8 Å². The molecule has 2 unspecified atom stereocenters. The van der Waals surface area contributed by atoms with Gasteiger partial charge in [-0.1, -0.05) is 5.16 Å². The normalized spacial score (nSPS) is 35.2. The van der Waals surface area contributed by atoms with E-state index < -0.39 is 0 Å². The Balaban J connectivity index is 2.54. The van der Waals surface area contributed by atoms with Gasteiger partial charge >= 0.3 is 0 Å². The molecule has 0 aromatic carbocycles. The highest BCUT2D eigenvalue weighted by Crippen LogP contribution is 2.22. The van der Waals surface area contributed by atoms with Crippen molar-refractivity contribution in [2.24, 2.45) is 5.16 Å². The fraction of sp³-hybridized carbons (Fsp3) is 0.833. The molecule has 0 spiro atoms. The molecule has 0 bridgehead atoms. The molecule has 1 aliphatic heterocycles. The van der Waals surface area contributed by atoms with E-state index >= 15 is 0 Å². The van der Waals surface area contributed by atoms with Crippen molar-refractivity contribution < 1.29 is 4.84 Å². The molecule has 0 aromatic heterocycles. The number of oxime groups is 1. The lowest BCUT2D eigenvalue weighted by atomic mass is 10.3. The molecule has 0 radical (unpaired) electrons. The first kappa shape index (κ1) is 6.93. The summed E-state index contributed by atoms with van der Waals surface area (Å²) in [6.45, 7) is 6.15. The van der Waals surface area contributed by atoms with Gasteiger partial charge in [-0.25, -0.2) is 0 Å². The molecular weight excluding hydrogens is 134 g/mol. The molecule has 1 heterocycles. The largest absolute Gasteiger partial charge is 0.391 e. The van der Waals surface area contributed by atoms with Crippen LogP contribution in [0.4, 0.5) is 0 Å². The van der Waals surface area contributed by atoms with Crippen LogP contribution in [0.25, 0.3) is 0 Å². The smallest absolute Gasteiger partial charge is 0.136 e. The zero-order chi connectivity index (χ0) is 6.85. The molecule has 0 saturated heterocycles. The minimum Gasteiger partial charge on any atom is -0.391 e. The maximum Gasteiger partial charge on any atom is 0.136 e. The van der Waals surface area contributed by atoms with Crippen LogP contribution in [0.2, 0.25) is 0 Å². The molecular formula is C6H11NOS. The highest BCUT2D eigenvalue weighted by atomic mass is 32.2. The van der Waals surface area contributed by atoms with Crippen molar-refractivity contribution in [2.45, 2.75) is 32.1 Å². The highest BCUT2D eigenvalue weighted by Gasteiger charge is 2.19. The summed E-state index contributed by atoms with van der Waals surface area (Å²) in [4.78, 5) is 5.07. The van der Waals surface area contributed by atoms with Gasteiger partial charge in [0, 0.05) is 5.25 Å². The van der Waals surface area contributed by atoms with Crippen LogP contribution in [-0.2, 0) is 4.84 Å². The fourth-order valence-electron chi connectivity index (χ4n) is 0.629. The molecule has 0 aliphatic carbocycles. The zero-order valence-corrected chi connectivity index (χ0v) is 6.73. The third kappa shape index (κ3) is 1.61. The maximum atomic E-state index is 5.07. The topological polar surface area (TPSA) is 21.6 Å². The summed E-state index contributed by atoms with van der Waals surface area (Å²) < 4.78 is 0. The Morgan fingerprint density at radius 3 is 2.67 bits per heavy atom. The van der Waals surface area contributed by atoms with Gasteiger partial charge in [0.2, 0.25) is 0 Å². The molecule has 3 heteroatoms. The summed E-state index contributed by atoms with van der Waals surface area (Å²) in [7, 11) is 0. The third-order valence-corrected chi connectivity index (χ3v) is 2.54. The van der Waals surface area contributed by atoms with Gasteiger partial charge < -0.3 is 4.84 Å². The zero-order valence-electron chi connectivity index (χ0n) is 5.92. The van der Waals surface area contributed by atoms with Crippen molar-refractivity contribution in [2.75, 3.05) is 0 Å². The van der Waals surface area contributed by atoms with Gasteiger partial charge in [-0.3, -0.25) is 0 Å². The Kier molecular flexibility index (Phi) is 2.01. The summed E-state index contributed by atoms with van der Waals surface area (Å²) >= 11 is 1.77. The highest BCUT2D eigenvalue weighted by molar-refractivity contribution is 8.14. The van der Waals surface area contributed by atoms with Crippen LogP contribution >= 0.6 is 11.8 Å². The van der Waals surface area contributed by atoms with Crippen molar-refractivity contribution in [3.63, 3.8) is 0 Å². The fourth-order valence-corrected chi connectivity index (χ4v) is 1.49. The Morgan fingerprint density at radius 1 is 1.56 bits per heavy atom. The van der Waals surface area contributed by atoms with E-state index in [9.17, 15) is 0 Å². The predicted molar refractivity (Wildman–Crippen MR) is 40.7 cm³/mol. The average molecular weight is 145 g/mol. The molecule has 0 saturated carbocycles. The first-order valence-electron chi connectivity index (χ1n) is 3.07. The van der Waals surface area contributed by atoms with E-state index in [0.29, 0.717) is 5.25 Å². The number of hydrogen-bond donors (Lipinski definition) is 0. The molecule has 0 N–H and O–H groups in total. The van der Waals surface area contributed by atoms with Crippen LogP contribution < -0.4 is 0 Å². The molecule has 2 nitrogen and oxygen atoms in total. The van der Waals surface area contributed by atoms with Gasteiger partial charge in [0.25, 0.3) is 0 Å². The minimum atomic E-state index is 0.263. The van der Waals surface area contributed by atoms with E-state index in [1.807, 2.05) is 13.8 Å². The van der Waals surface area contributed by atoms with Crippen LogP contribution in [0.3, 0.4) is 0 Å². The standard InChI is InChI=1S/C6H11NOS/c1-4-5(2)9-6(3)7-8-4/h4-5H,1-3H3. The van der Waals surface area contributed by atoms with Crippen molar-refractivity contribution in [1.82, 2.24) is 0 Å². The summed E-state index contributed by atoms with van der Waals surface area (Å²) in [6, 6.07) is 0. The van der Waals surface area contributed by atoms with E-state index in [0.717, 1.165) is 5.04 Å². The number of nitrogens with zero attached hydrogens (tertiary/aromatic N) is 1. The molecule has 0 fully saturated rings. The molecule has 9 heavy (non-hydrogen) atoms. The van der Waals surface area contributed by atoms with Crippen LogP contribution in [0.1, 0.15) is 20.8 Å². The quantitative estimate of drug-likeness (QED) is 0.519. The van der Waals surface area contributed by atoms with E-state index in [2.05, 4.69) is 12.1 Å². The predicted octanol–water partition coefficient (Wildman–Crippen LogP) is 1.86. The van der Waals surface area contributed by atoms with Crippen LogP contribution in [0.5, 0.6) is 0 Å². The second kappa shape index (κ2) is 2.60. The molecule has 1 rings (SSSR count). The van der Waals surface area contributed by atoms with Crippen molar-refractivity contribution in [1.29, 1.82) is 0 Å². The van der Waals surface area contributed by atoms with E-state index in [1.165, 1.54) is 0 Å². The lowest BCUT2D eigenvalue weighted by Gasteiger charge is -2.21. The molecule has 0 amide bonds. The Bertz CT molecular complexity index is 135. The Labute approximate surface area is 59.6 Å². The second-order valence-electron chi connectivity index (χ2n) is 2.24. The molecule has 0 aromatic rings. The Hall–Kier alpha value is -0.180. The maximum absolute atomic E-state index is 5.07. The van der Waals surface area contributed by atoms with Gasteiger partial charge in [0.05, 0.1) is 0 Å². The third-order valence-electron chi connectivity index (χ3n) is 1.37. The van der Waals surface area contributed by atoms with Crippen LogP contribution in [0, 0.1) is 0 Å². The summed E-state index contributed by atoms with van der Waals surface area (Å²) in [5, 5.41) is 5.41. The number of hydrogen-bond acceptors (Lipinski definition) is 3. The first-order valence-corrected chi connectivity index (χ1v) is 3.95. The van der Waals surface area contributed by atoms with Gasteiger partial charge in [-0.15, -0.1) is 11.8 Å². The van der Waals surface area contributed by atoms with Crippen molar-refractivity contribution in [3.05, 3.63) is 0 Å². The minimum absolute atomic E-state index is 0.263. The molecule has 52 valence electrons. The molecule has 1 aliphatic rings. The van der Waals surface area contributed by atoms with Gasteiger partial charge in [-0.2, -0.15) is 0 Å². The van der Waals surface area contributed by atoms with Crippen LogP contribution in [0.15, 0.2) is 5.16 Å². The van der Waals surface area contributed by atoms with Crippen molar-refractivity contribution >= 4 is 16.8 Å². The van der Waals surface area contributed by atoms with E-state index in [1.54, 1.807) is 11.8 Å². The molecule has 2 atom stereocenters. The average Bonchev–Trinajstić information content (AvgIpc) is 1.80. The van der Waals surface area contributed by atoms with Crippen molar-refractivity contribution in [3.8, 4) is 0 Å².